The van der Waals surface area contributed by atoms with E-state index in [-0.39, 0.29) is 16.3 Å². The van der Waals surface area contributed by atoms with Gasteiger partial charge in [0.05, 0.1) is 27.2 Å². The highest BCUT2D eigenvalue weighted by atomic mass is 32.2. The molecule has 0 N–H and O–H groups in total. The smallest absolute Gasteiger partial charge is 0.329 e. The zero-order valence-corrected chi connectivity index (χ0v) is 15.1. The fraction of sp³-hybridized carbons (Fsp3) is 0.188. The lowest BCUT2D eigenvalue weighted by Crippen LogP contribution is -2.05. The van der Waals surface area contributed by atoms with Crippen molar-refractivity contribution < 1.29 is 35.1 Å². The molecular weight excluding hydrogens is 426 g/mol. The van der Waals surface area contributed by atoms with Crippen LogP contribution in [0.15, 0.2) is 56.4 Å². The molecule has 0 spiro atoms. The second-order valence-electron chi connectivity index (χ2n) is 5.74. The molecule has 29 heavy (non-hydrogen) atoms. The molecule has 1 unspecified atom stereocenters. The molecule has 0 radical (unpaired) electrons. The molecular formula is C16H10F6N4O2S. The number of halogens is 6. The molecule has 154 valence electrons. The second-order valence-corrected chi connectivity index (χ2v) is 8.00. The molecule has 0 amide bonds. The summed E-state index contributed by atoms with van der Waals surface area (Å²) < 4.78 is 96.2. The highest BCUT2D eigenvalue weighted by molar-refractivity contribution is 7.93. The van der Waals surface area contributed by atoms with E-state index >= 15 is 0 Å². The van der Waals surface area contributed by atoms with Crippen molar-refractivity contribution in [2.45, 2.75) is 17.2 Å². The molecule has 6 nitrogen and oxygen atoms in total. The van der Waals surface area contributed by atoms with E-state index in [2.05, 4.69) is 24.0 Å². The zero-order chi connectivity index (χ0) is 21.4. The number of rotatable bonds is 3. The van der Waals surface area contributed by atoms with E-state index in [1.807, 2.05) is 0 Å². The molecule has 0 fully saturated rings. The summed E-state index contributed by atoms with van der Waals surface area (Å²) >= 11 is 0. The van der Waals surface area contributed by atoms with E-state index in [0.29, 0.717) is 0 Å². The minimum Gasteiger partial charge on any atom is -0.329 e. The average molecular weight is 436 g/mol. The van der Waals surface area contributed by atoms with Gasteiger partial charge in [0.25, 0.3) is 0 Å². The minimum absolute atomic E-state index is 0.0414. The van der Waals surface area contributed by atoms with E-state index in [1.54, 1.807) is 0 Å². The van der Waals surface area contributed by atoms with Crippen LogP contribution in [0.3, 0.4) is 0 Å². The van der Waals surface area contributed by atoms with Gasteiger partial charge in [-0.2, -0.15) is 35.7 Å². The summed E-state index contributed by atoms with van der Waals surface area (Å²) in [6.45, 7) is 0. The van der Waals surface area contributed by atoms with Crippen molar-refractivity contribution in [3.05, 3.63) is 54.0 Å². The third-order valence-corrected chi connectivity index (χ3v) is 5.25. The first-order chi connectivity index (χ1) is 13.4. The average Bonchev–Trinajstić information content (AvgIpc) is 3.12. The van der Waals surface area contributed by atoms with Gasteiger partial charge >= 0.3 is 18.2 Å². The normalized spacial score (nSPS) is 14.4. The lowest BCUT2D eigenvalue weighted by molar-refractivity contribution is -0.159. The number of hydrogen-bond donors (Lipinski definition) is 0. The van der Waals surface area contributed by atoms with E-state index in [1.165, 1.54) is 18.4 Å². The quantitative estimate of drug-likeness (QED) is 0.543. The van der Waals surface area contributed by atoms with Crippen LogP contribution in [0, 0.1) is 0 Å². The molecule has 3 aromatic rings. The zero-order valence-electron chi connectivity index (χ0n) is 14.3. The summed E-state index contributed by atoms with van der Waals surface area (Å²) in [6, 6.07) is 6.27. The SMILES string of the molecule is CS(=O)(=Nc1ccc(-c2noc(C(F)(F)F)n2)nc1)c1ccc(C(F)(F)F)cc1. The van der Waals surface area contributed by atoms with Crippen molar-refractivity contribution in [2.24, 2.45) is 4.36 Å². The fourth-order valence-electron chi connectivity index (χ4n) is 2.17. The summed E-state index contributed by atoms with van der Waals surface area (Å²) in [5, 5.41) is 3.19. The van der Waals surface area contributed by atoms with E-state index in [9.17, 15) is 30.6 Å². The van der Waals surface area contributed by atoms with Gasteiger partial charge in [-0.05, 0) is 36.4 Å². The lowest BCUT2D eigenvalue weighted by Gasteiger charge is -2.09. The Hall–Kier alpha value is -2.96. The van der Waals surface area contributed by atoms with E-state index in [0.717, 1.165) is 30.5 Å². The second kappa shape index (κ2) is 7.13. The van der Waals surface area contributed by atoms with Crippen molar-refractivity contribution >= 4 is 15.4 Å². The third-order valence-electron chi connectivity index (χ3n) is 3.54. The Kier molecular flexibility index (Phi) is 5.11. The number of pyridine rings is 1. The first-order valence-electron chi connectivity index (χ1n) is 7.63. The monoisotopic (exact) mass is 436 g/mol. The van der Waals surface area contributed by atoms with Crippen LogP contribution in [0.2, 0.25) is 0 Å². The summed E-state index contributed by atoms with van der Waals surface area (Å²) in [5.74, 6) is -1.93. The van der Waals surface area contributed by atoms with Gasteiger partial charge in [0.1, 0.15) is 5.69 Å². The maximum atomic E-state index is 12.7. The van der Waals surface area contributed by atoms with Crippen molar-refractivity contribution in [1.82, 2.24) is 15.1 Å². The van der Waals surface area contributed by atoms with Gasteiger partial charge in [0, 0.05) is 11.2 Å². The summed E-state index contributed by atoms with van der Waals surface area (Å²) in [4.78, 5) is 7.11. The Morgan fingerprint density at radius 1 is 0.966 bits per heavy atom. The van der Waals surface area contributed by atoms with Crippen molar-refractivity contribution in [3.63, 3.8) is 0 Å². The molecule has 13 heteroatoms. The molecule has 2 aromatic heterocycles. The number of nitrogens with zero attached hydrogens (tertiary/aromatic N) is 4. The Labute approximate surface area is 159 Å². The van der Waals surface area contributed by atoms with Crippen LogP contribution in [0.4, 0.5) is 32.0 Å². The lowest BCUT2D eigenvalue weighted by atomic mass is 10.2. The fourth-order valence-corrected chi connectivity index (χ4v) is 3.42. The van der Waals surface area contributed by atoms with E-state index in [4.69, 9.17) is 0 Å². The highest BCUT2D eigenvalue weighted by Gasteiger charge is 2.38. The Balaban J connectivity index is 1.86. The van der Waals surface area contributed by atoms with Crippen molar-refractivity contribution in [1.29, 1.82) is 0 Å². The molecule has 0 saturated carbocycles. The van der Waals surface area contributed by atoms with Crippen molar-refractivity contribution in [3.8, 4) is 11.5 Å². The Bertz CT molecular complexity index is 1130. The van der Waals surface area contributed by atoms with Crippen LogP contribution in [0.1, 0.15) is 11.5 Å². The number of benzene rings is 1. The number of hydrogen-bond acceptors (Lipinski definition) is 6. The topological polar surface area (TPSA) is 81.2 Å². The summed E-state index contributed by atoms with van der Waals surface area (Å²) in [5.41, 5.74) is -0.832. The molecule has 3 rings (SSSR count). The largest absolute Gasteiger partial charge is 0.471 e. The predicted molar refractivity (Wildman–Crippen MR) is 88.4 cm³/mol. The van der Waals surface area contributed by atoms with Crippen molar-refractivity contribution in [2.75, 3.05) is 6.26 Å². The predicted octanol–water partition coefficient (Wildman–Crippen LogP) is 4.96. The highest BCUT2D eigenvalue weighted by Crippen LogP contribution is 2.31. The molecule has 1 aromatic carbocycles. The van der Waals surface area contributed by atoms with Crippen LogP contribution in [-0.2, 0) is 22.1 Å². The minimum atomic E-state index is -4.80. The molecule has 0 saturated heterocycles. The Morgan fingerprint density at radius 2 is 1.62 bits per heavy atom. The van der Waals surface area contributed by atoms with Crippen LogP contribution >= 0.6 is 0 Å². The van der Waals surface area contributed by atoms with Gasteiger partial charge < -0.3 is 4.52 Å². The number of alkyl halides is 6. The molecule has 1 atom stereocenters. The maximum Gasteiger partial charge on any atom is 0.471 e. The van der Waals surface area contributed by atoms with Crippen LogP contribution < -0.4 is 0 Å². The molecule has 0 bridgehead atoms. The van der Waals surface area contributed by atoms with Crippen LogP contribution in [0.25, 0.3) is 11.5 Å². The van der Waals surface area contributed by atoms with Crippen LogP contribution in [0.5, 0.6) is 0 Å². The first kappa shape index (κ1) is 20.8. The van der Waals surface area contributed by atoms with Gasteiger partial charge in [0.15, 0.2) is 0 Å². The van der Waals surface area contributed by atoms with Gasteiger partial charge in [-0.25, -0.2) is 4.21 Å². The summed E-state index contributed by atoms with van der Waals surface area (Å²) in [6.07, 6.45) is -6.97. The molecule has 0 aliphatic heterocycles. The maximum absolute atomic E-state index is 12.7. The molecule has 0 aliphatic rings. The number of aromatic nitrogens is 3. The van der Waals surface area contributed by atoms with Gasteiger partial charge in [0.2, 0.25) is 5.82 Å². The Morgan fingerprint density at radius 3 is 2.10 bits per heavy atom. The molecule has 2 heterocycles. The van der Waals surface area contributed by atoms with E-state index < -0.39 is 39.4 Å². The molecule has 0 aliphatic carbocycles. The van der Waals surface area contributed by atoms with Crippen LogP contribution in [-0.4, -0.2) is 25.6 Å². The summed E-state index contributed by atoms with van der Waals surface area (Å²) in [7, 11) is -3.10. The van der Waals surface area contributed by atoms with Gasteiger partial charge in [-0.3, -0.25) is 4.98 Å². The standard InChI is InChI=1S/C16H10F6N4O2S/c1-29(27,11-5-2-9(3-6-11)15(17,18)19)26-10-4-7-12(23-8-10)13-24-14(28-25-13)16(20,21)22/h2-8H,1H3. The third kappa shape index (κ3) is 4.72. The first-order valence-corrected chi connectivity index (χ1v) is 9.55. The van der Waals surface area contributed by atoms with Gasteiger partial charge in [-0.15, -0.1) is 0 Å². The van der Waals surface area contributed by atoms with Gasteiger partial charge in [-0.1, -0.05) is 5.16 Å².